The van der Waals surface area contributed by atoms with Crippen molar-refractivity contribution in [1.82, 2.24) is 4.90 Å². The van der Waals surface area contributed by atoms with Crippen molar-refractivity contribution >= 4 is 5.69 Å². The van der Waals surface area contributed by atoms with Gasteiger partial charge in [-0.25, -0.2) is 0 Å². The molecule has 112 valence electrons. The van der Waals surface area contributed by atoms with E-state index in [2.05, 4.69) is 54.8 Å². The molecule has 0 saturated carbocycles. The smallest absolute Gasteiger partial charge is 0.142 e. The summed E-state index contributed by atoms with van der Waals surface area (Å²) in [5.41, 5.74) is 1.25. The van der Waals surface area contributed by atoms with Gasteiger partial charge in [-0.05, 0) is 38.9 Å². The molecule has 0 radical (unpaired) electrons. The fourth-order valence-electron chi connectivity index (χ4n) is 2.67. The number of hydrogen-bond donors (Lipinski definition) is 0. The van der Waals surface area contributed by atoms with Crippen LogP contribution < -0.4 is 9.64 Å². The summed E-state index contributed by atoms with van der Waals surface area (Å²) in [4.78, 5) is 5.03. The molecule has 0 unspecified atom stereocenters. The summed E-state index contributed by atoms with van der Waals surface area (Å²) in [6, 6.07) is 8.42. The van der Waals surface area contributed by atoms with Crippen LogP contribution in [0.1, 0.15) is 33.6 Å². The Labute approximate surface area is 123 Å². The van der Waals surface area contributed by atoms with Crippen LogP contribution in [0.2, 0.25) is 0 Å². The van der Waals surface area contributed by atoms with E-state index in [0.717, 1.165) is 31.9 Å². The van der Waals surface area contributed by atoms with Gasteiger partial charge in [0.15, 0.2) is 0 Å². The summed E-state index contributed by atoms with van der Waals surface area (Å²) >= 11 is 0. The van der Waals surface area contributed by atoms with E-state index in [1.165, 1.54) is 25.1 Å². The zero-order chi connectivity index (χ0) is 14.4. The number of unbranched alkanes of at least 4 members (excludes halogenated alkanes) is 1. The molecule has 0 aromatic heterocycles. The van der Waals surface area contributed by atoms with Crippen molar-refractivity contribution in [3.8, 4) is 5.75 Å². The molecule has 1 aliphatic rings. The Morgan fingerprint density at radius 3 is 2.45 bits per heavy atom. The highest BCUT2D eigenvalue weighted by molar-refractivity contribution is 5.58. The molecule has 0 spiro atoms. The molecule has 1 aromatic carbocycles. The van der Waals surface area contributed by atoms with Gasteiger partial charge in [0, 0.05) is 26.2 Å². The van der Waals surface area contributed by atoms with Gasteiger partial charge >= 0.3 is 0 Å². The van der Waals surface area contributed by atoms with Crippen LogP contribution in [-0.4, -0.2) is 43.7 Å². The van der Waals surface area contributed by atoms with Gasteiger partial charge in [0.2, 0.25) is 0 Å². The van der Waals surface area contributed by atoms with Crippen LogP contribution in [0.4, 0.5) is 5.69 Å². The van der Waals surface area contributed by atoms with Gasteiger partial charge in [0.1, 0.15) is 5.75 Å². The monoisotopic (exact) mass is 276 g/mol. The second kappa shape index (κ2) is 7.53. The lowest BCUT2D eigenvalue weighted by atomic mass is 10.2. The van der Waals surface area contributed by atoms with E-state index in [-0.39, 0.29) is 6.10 Å². The van der Waals surface area contributed by atoms with Crippen molar-refractivity contribution in [2.45, 2.75) is 39.7 Å². The Morgan fingerprint density at radius 2 is 1.80 bits per heavy atom. The lowest BCUT2D eigenvalue weighted by Gasteiger charge is -2.36. The SMILES string of the molecule is CCCCN1CCN(c2ccccc2OC(C)C)CC1. The molecule has 3 heteroatoms. The standard InChI is InChI=1S/C17H28N2O/c1-4-5-10-18-11-13-19(14-12-18)16-8-6-7-9-17(16)20-15(2)3/h6-9,15H,4-5,10-14H2,1-3H3. The maximum atomic E-state index is 5.94. The highest BCUT2D eigenvalue weighted by Gasteiger charge is 2.19. The van der Waals surface area contributed by atoms with Crippen LogP contribution in [0.15, 0.2) is 24.3 Å². The Balaban J connectivity index is 1.96. The van der Waals surface area contributed by atoms with E-state index in [0.29, 0.717) is 0 Å². The highest BCUT2D eigenvalue weighted by atomic mass is 16.5. The van der Waals surface area contributed by atoms with Gasteiger partial charge in [-0.15, -0.1) is 0 Å². The van der Waals surface area contributed by atoms with E-state index in [1.54, 1.807) is 0 Å². The van der Waals surface area contributed by atoms with E-state index < -0.39 is 0 Å². The molecule has 0 N–H and O–H groups in total. The Hall–Kier alpha value is -1.22. The fraction of sp³-hybridized carbons (Fsp3) is 0.647. The molecule has 1 aromatic rings. The molecular weight excluding hydrogens is 248 g/mol. The first-order valence-corrected chi connectivity index (χ1v) is 7.93. The quantitative estimate of drug-likeness (QED) is 0.792. The average molecular weight is 276 g/mol. The number of ether oxygens (including phenoxy) is 1. The highest BCUT2D eigenvalue weighted by Crippen LogP contribution is 2.29. The molecule has 1 fully saturated rings. The fourth-order valence-corrected chi connectivity index (χ4v) is 2.67. The number of piperazine rings is 1. The molecule has 2 rings (SSSR count). The van der Waals surface area contributed by atoms with Crippen molar-refractivity contribution in [1.29, 1.82) is 0 Å². The van der Waals surface area contributed by atoms with Gasteiger partial charge < -0.3 is 9.64 Å². The number of hydrogen-bond acceptors (Lipinski definition) is 3. The summed E-state index contributed by atoms with van der Waals surface area (Å²) < 4.78 is 5.94. The van der Waals surface area contributed by atoms with Gasteiger partial charge in [0.05, 0.1) is 11.8 Å². The lowest BCUT2D eigenvalue weighted by molar-refractivity contribution is 0.237. The summed E-state index contributed by atoms with van der Waals surface area (Å²) in [6.45, 7) is 12.2. The first kappa shape index (κ1) is 15.2. The average Bonchev–Trinajstić information content (AvgIpc) is 2.46. The van der Waals surface area contributed by atoms with Crippen LogP contribution in [0.5, 0.6) is 5.75 Å². The van der Waals surface area contributed by atoms with Gasteiger partial charge in [-0.3, -0.25) is 4.90 Å². The van der Waals surface area contributed by atoms with Gasteiger partial charge in [-0.2, -0.15) is 0 Å². The molecule has 0 aliphatic carbocycles. The first-order valence-electron chi connectivity index (χ1n) is 7.93. The van der Waals surface area contributed by atoms with E-state index in [9.17, 15) is 0 Å². The van der Waals surface area contributed by atoms with Crippen LogP contribution >= 0.6 is 0 Å². The van der Waals surface area contributed by atoms with E-state index in [4.69, 9.17) is 4.74 Å². The third kappa shape index (κ3) is 4.14. The number of anilines is 1. The predicted octanol–water partition coefficient (Wildman–Crippen LogP) is 3.40. The summed E-state index contributed by atoms with van der Waals surface area (Å²) in [5.74, 6) is 1.02. The largest absolute Gasteiger partial charge is 0.489 e. The van der Waals surface area contributed by atoms with E-state index >= 15 is 0 Å². The zero-order valence-electron chi connectivity index (χ0n) is 13.1. The minimum absolute atomic E-state index is 0.224. The molecule has 1 heterocycles. The van der Waals surface area contributed by atoms with Crippen molar-refractivity contribution in [2.24, 2.45) is 0 Å². The maximum absolute atomic E-state index is 5.94. The Bertz CT molecular complexity index is 398. The Morgan fingerprint density at radius 1 is 1.10 bits per heavy atom. The molecule has 20 heavy (non-hydrogen) atoms. The molecule has 1 saturated heterocycles. The van der Waals surface area contributed by atoms with Crippen LogP contribution in [-0.2, 0) is 0 Å². The molecule has 0 atom stereocenters. The zero-order valence-corrected chi connectivity index (χ0v) is 13.1. The summed E-state index contributed by atoms with van der Waals surface area (Å²) in [5, 5.41) is 0. The number of nitrogens with zero attached hydrogens (tertiary/aromatic N) is 2. The number of para-hydroxylation sites is 2. The van der Waals surface area contributed by atoms with Gasteiger partial charge in [0.25, 0.3) is 0 Å². The van der Waals surface area contributed by atoms with E-state index in [1.807, 2.05) is 0 Å². The van der Waals surface area contributed by atoms with Crippen LogP contribution in [0.3, 0.4) is 0 Å². The topological polar surface area (TPSA) is 15.7 Å². The second-order valence-electron chi connectivity index (χ2n) is 5.82. The minimum atomic E-state index is 0.224. The normalized spacial score (nSPS) is 16.7. The number of benzene rings is 1. The lowest BCUT2D eigenvalue weighted by Crippen LogP contribution is -2.46. The molecule has 0 bridgehead atoms. The molecule has 3 nitrogen and oxygen atoms in total. The van der Waals surface area contributed by atoms with Crippen LogP contribution in [0.25, 0.3) is 0 Å². The molecule has 0 amide bonds. The first-order chi connectivity index (χ1) is 9.70. The minimum Gasteiger partial charge on any atom is -0.489 e. The van der Waals surface area contributed by atoms with Crippen LogP contribution in [0, 0.1) is 0 Å². The second-order valence-corrected chi connectivity index (χ2v) is 5.82. The van der Waals surface area contributed by atoms with Gasteiger partial charge in [-0.1, -0.05) is 25.5 Å². The Kier molecular flexibility index (Phi) is 5.72. The predicted molar refractivity (Wildman–Crippen MR) is 85.8 cm³/mol. The summed E-state index contributed by atoms with van der Waals surface area (Å²) in [7, 11) is 0. The number of rotatable bonds is 6. The summed E-state index contributed by atoms with van der Waals surface area (Å²) in [6.07, 6.45) is 2.82. The van der Waals surface area contributed by atoms with Crippen molar-refractivity contribution in [3.05, 3.63) is 24.3 Å². The third-order valence-electron chi connectivity index (χ3n) is 3.77. The maximum Gasteiger partial charge on any atom is 0.142 e. The third-order valence-corrected chi connectivity index (χ3v) is 3.77. The van der Waals surface area contributed by atoms with Crippen molar-refractivity contribution < 1.29 is 4.74 Å². The molecule has 1 aliphatic heterocycles. The van der Waals surface area contributed by atoms with Crippen molar-refractivity contribution in [3.63, 3.8) is 0 Å². The molecular formula is C17H28N2O. The van der Waals surface area contributed by atoms with Crippen molar-refractivity contribution in [2.75, 3.05) is 37.6 Å².